The van der Waals surface area contributed by atoms with Crippen LogP contribution in [0.1, 0.15) is 33.1 Å². The molecular formula is C21H22Cl2N2O3S. The molecule has 0 saturated heterocycles. The van der Waals surface area contributed by atoms with Crippen molar-refractivity contribution in [2.75, 3.05) is 10.6 Å². The average Bonchev–Trinajstić information content (AvgIpc) is 2.64. The van der Waals surface area contributed by atoms with Crippen molar-refractivity contribution in [3.05, 3.63) is 52.5 Å². The molecule has 0 spiro atoms. The first-order chi connectivity index (χ1) is 13.8. The van der Waals surface area contributed by atoms with Crippen LogP contribution in [-0.4, -0.2) is 22.8 Å². The first-order valence-electron chi connectivity index (χ1n) is 9.12. The van der Waals surface area contributed by atoms with E-state index in [-0.39, 0.29) is 18.1 Å². The van der Waals surface area contributed by atoms with Gasteiger partial charge < -0.3 is 15.4 Å². The van der Waals surface area contributed by atoms with Gasteiger partial charge in [-0.2, -0.15) is 0 Å². The number of ketones is 1. The summed E-state index contributed by atoms with van der Waals surface area (Å²) in [4.78, 5) is 24.5. The molecule has 0 radical (unpaired) electrons. The molecule has 2 N–H and O–H groups in total. The monoisotopic (exact) mass is 452 g/mol. The Kier molecular flexibility index (Phi) is 8.89. The Morgan fingerprint density at radius 1 is 1.10 bits per heavy atom. The molecule has 5 nitrogen and oxygen atoms in total. The van der Waals surface area contributed by atoms with Gasteiger partial charge in [-0.15, -0.1) is 0 Å². The number of rotatable bonds is 9. The number of carbonyl (C=O) groups is 2. The minimum atomic E-state index is -0.729. The second-order valence-electron chi connectivity index (χ2n) is 6.41. The number of hydrogen-bond acceptors (Lipinski definition) is 4. The van der Waals surface area contributed by atoms with Crippen LogP contribution in [-0.2, 0) is 9.59 Å². The lowest BCUT2D eigenvalue weighted by atomic mass is 10.2. The van der Waals surface area contributed by atoms with Crippen molar-refractivity contribution in [2.45, 2.75) is 39.2 Å². The minimum absolute atomic E-state index is 0.00807. The molecule has 0 heterocycles. The summed E-state index contributed by atoms with van der Waals surface area (Å²) < 4.78 is 5.62. The molecule has 2 aromatic carbocycles. The predicted molar refractivity (Wildman–Crippen MR) is 122 cm³/mol. The molecule has 0 aromatic heterocycles. The molecule has 0 fully saturated rings. The van der Waals surface area contributed by atoms with E-state index in [0.29, 0.717) is 38.6 Å². The highest BCUT2D eigenvalue weighted by Gasteiger charge is 2.18. The Labute approximate surface area is 185 Å². The maximum Gasteiger partial charge on any atom is 0.224 e. The number of benzene rings is 2. The van der Waals surface area contributed by atoms with Gasteiger partial charge in [0.2, 0.25) is 5.91 Å². The van der Waals surface area contributed by atoms with E-state index in [0.717, 1.165) is 6.42 Å². The lowest BCUT2D eigenvalue weighted by Gasteiger charge is -2.16. The number of amides is 1. The smallest absolute Gasteiger partial charge is 0.224 e. The zero-order chi connectivity index (χ0) is 21.4. The fourth-order valence-electron chi connectivity index (χ4n) is 2.46. The third-order valence-electron chi connectivity index (χ3n) is 3.89. The second kappa shape index (κ2) is 11.1. The quantitative estimate of drug-likeness (QED) is 0.463. The molecule has 0 bridgehead atoms. The van der Waals surface area contributed by atoms with Crippen LogP contribution in [0.25, 0.3) is 0 Å². The van der Waals surface area contributed by atoms with Crippen LogP contribution in [0, 0.1) is 0 Å². The molecule has 0 aliphatic carbocycles. The van der Waals surface area contributed by atoms with Crippen molar-refractivity contribution < 1.29 is 14.3 Å². The van der Waals surface area contributed by atoms with Gasteiger partial charge in [0, 0.05) is 22.8 Å². The third-order valence-corrected chi connectivity index (χ3v) is 4.67. The summed E-state index contributed by atoms with van der Waals surface area (Å²) in [5.41, 5.74) is 1.35. The van der Waals surface area contributed by atoms with E-state index in [9.17, 15) is 9.59 Å². The van der Waals surface area contributed by atoms with Gasteiger partial charge in [0.25, 0.3) is 0 Å². The largest absolute Gasteiger partial charge is 0.481 e. The van der Waals surface area contributed by atoms with E-state index in [1.54, 1.807) is 49.4 Å². The van der Waals surface area contributed by atoms with E-state index in [1.165, 1.54) is 0 Å². The molecule has 0 unspecified atom stereocenters. The van der Waals surface area contributed by atoms with Gasteiger partial charge in [-0.1, -0.05) is 48.4 Å². The van der Waals surface area contributed by atoms with Crippen molar-refractivity contribution in [3.63, 3.8) is 0 Å². The molecule has 0 aliphatic heterocycles. The van der Waals surface area contributed by atoms with Crippen LogP contribution in [0.4, 0.5) is 11.4 Å². The first-order valence-corrected chi connectivity index (χ1v) is 10.3. The highest BCUT2D eigenvalue weighted by atomic mass is 35.5. The highest BCUT2D eigenvalue weighted by Crippen LogP contribution is 2.28. The van der Waals surface area contributed by atoms with Crippen LogP contribution in [0.2, 0.25) is 10.0 Å². The van der Waals surface area contributed by atoms with Crippen LogP contribution >= 0.6 is 35.4 Å². The van der Waals surface area contributed by atoms with Crippen LogP contribution < -0.4 is 15.4 Å². The maximum atomic E-state index is 12.4. The number of thiocarbonyl (C=S) groups is 1. The van der Waals surface area contributed by atoms with E-state index in [2.05, 4.69) is 10.6 Å². The summed E-state index contributed by atoms with van der Waals surface area (Å²) in [7, 11) is 0. The summed E-state index contributed by atoms with van der Waals surface area (Å²) in [6.45, 7) is 3.58. The minimum Gasteiger partial charge on any atom is -0.481 e. The maximum absolute atomic E-state index is 12.4. The zero-order valence-electron chi connectivity index (χ0n) is 16.1. The molecule has 8 heteroatoms. The number of anilines is 2. The van der Waals surface area contributed by atoms with Crippen LogP contribution in [0.3, 0.4) is 0 Å². The van der Waals surface area contributed by atoms with Gasteiger partial charge in [-0.25, -0.2) is 0 Å². The van der Waals surface area contributed by atoms with Gasteiger partial charge in [0.1, 0.15) is 5.75 Å². The van der Waals surface area contributed by atoms with E-state index < -0.39 is 6.10 Å². The Morgan fingerprint density at radius 2 is 1.79 bits per heavy atom. The van der Waals surface area contributed by atoms with Gasteiger partial charge in [-0.3, -0.25) is 9.59 Å². The van der Waals surface area contributed by atoms with Crippen LogP contribution in [0.15, 0.2) is 42.5 Å². The normalized spacial score (nSPS) is 11.4. The Bertz CT molecular complexity index is 905. The molecule has 2 aromatic rings. The summed E-state index contributed by atoms with van der Waals surface area (Å²) in [6.07, 6.45) is 0.513. The number of carbonyl (C=O) groups excluding carboxylic acids is 2. The van der Waals surface area contributed by atoms with Crippen molar-refractivity contribution in [1.29, 1.82) is 0 Å². The molecule has 1 amide bonds. The highest BCUT2D eigenvalue weighted by molar-refractivity contribution is 7.80. The number of ether oxygens (including phenoxy) is 1. The molecule has 1 atom stereocenters. The summed E-state index contributed by atoms with van der Waals surface area (Å²) >= 11 is 17.2. The lowest BCUT2D eigenvalue weighted by Crippen LogP contribution is -2.27. The number of halogens is 2. The van der Waals surface area contributed by atoms with Gasteiger partial charge in [0.05, 0.1) is 16.4 Å². The second-order valence-corrected chi connectivity index (χ2v) is 7.74. The molecule has 0 saturated carbocycles. The van der Waals surface area contributed by atoms with Crippen molar-refractivity contribution in [3.8, 4) is 5.75 Å². The summed E-state index contributed by atoms with van der Waals surface area (Å²) in [6, 6.07) is 12.0. The van der Waals surface area contributed by atoms with E-state index in [4.69, 9.17) is 40.2 Å². The van der Waals surface area contributed by atoms with Crippen molar-refractivity contribution in [1.82, 2.24) is 0 Å². The zero-order valence-corrected chi connectivity index (χ0v) is 18.5. The summed E-state index contributed by atoms with van der Waals surface area (Å²) in [5, 5.41) is 6.66. The molecular weight excluding hydrogens is 431 g/mol. The predicted octanol–water partition coefficient (Wildman–Crippen LogP) is 5.90. The number of Topliss-reactive ketones (excluding diaryl/α,β-unsaturated/α-hetero) is 1. The Balaban J connectivity index is 1.91. The van der Waals surface area contributed by atoms with Crippen LogP contribution in [0.5, 0.6) is 5.75 Å². The Morgan fingerprint density at radius 3 is 2.45 bits per heavy atom. The SMILES string of the molecule is CCCC(=O)Nc1cccc(NC(=S)CC(=O)[C@H](C)Oc2ccc(Cl)cc2Cl)c1. The number of hydrogen-bond donors (Lipinski definition) is 2. The number of nitrogens with one attached hydrogen (secondary N) is 2. The average molecular weight is 453 g/mol. The standard InChI is InChI=1S/C21H22Cl2N2O3S/c1-3-5-20(27)24-15-6-4-7-16(11-15)25-21(29)12-18(26)13(2)28-19-9-8-14(22)10-17(19)23/h4,6-11,13H,3,5,12H2,1-2H3,(H,24,27)(H,25,29)/t13-/m0/s1. The first kappa shape index (κ1) is 23.1. The molecule has 0 aliphatic rings. The molecule has 29 heavy (non-hydrogen) atoms. The topological polar surface area (TPSA) is 67.4 Å². The van der Waals surface area contributed by atoms with E-state index in [1.807, 2.05) is 6.92 Å². The van der Waals surface area contributed by atoms with Gasteiger partial charge in [-0.05, 0) is 49.7 Å². The van der Waals surface area contributed by atoms with E-state index >= 15 is 0 Å². The van der Waals surface area contributed by atoms with Gasteiger partial charge in [0.15, 0.2) is 11.9 Å². The molecule has 2 rings (SSSR count). The molecule has 154 valence electrons. The van der Waals surface area contributed by atoms with Crippen molar-refractivity contribution in [2.24, 2.45) is 0 Å². The third kappa shape index (κ3) is 7.65. The Hall–Kier alpha value is -2.15. The fourth-order valence-corrected chi connectivity index (χ4v) is 3.17. The summed E-state index contributed by atoms with van der Waals surface area (Å²) in [5.74, 6) is 0.140. The fraction of sp³-hybridized carbons (Fsp3) is 0.286. The lowest BCUT2D eigenvalue weighted by molar-refractivity contribution is -0.123. The van der Waals surface area contributed by atoms with Gasteiger partial charge >= 0.3 is 0 Å². The van der Waals surface area contributed by atoms with Crippen molar-refractivity contribution >= 4 is 63.5 Å².